The second kappa shape index (κ2) is 13.2. The minimum atomic E-state index is -0.156. The largest absolute Gasteiger partial charge is 0.309 e. The number of para-hydroxylation sites is 3. The SMILES string of the molecule is CC1(C)c2ccccc2-c2ccc(-c3nc4ccc(-n5c6ccccc6c6c5ccc5c7ccccc7n(-c7ccccc7)c56)cc4nc3-c3ccc4c(c3)C(C)(C)c3ccccc3-4)cc21. The van der Waals surface area contributed by atoms with Crippen LogP contribution in [0.2, 0.25) is 0 Å². The van der Waals surface area contributed by atoms with Crippen LogP contribution in [0.1, 0.15) is 49.9 Å². The molecule has 0 saturated carbocycles. The minimum absolute atomic E-state index is 0.145. The molecule has 9 aromatic carbocycles. The molecule has 66 heavy (non-hydrogen) atoms. The van der Waals surface area contributed by atoms with Crippen molar-refractivity contribution in [3.8, 4) is 56.1 Å². The Morgan fingerprint density at radius 3 is 1.53 bits per heavy atom. The van der Waals surface area contributed by atoms with Crippen LogP contribution in [0.3, 0.4) is 0 Å². The Bertz CT molecular complexity index is 4050. The molecule has 0 amide bonds. The van der Waals surface area contributed by atoms with E-state index in [1.54, 1.807) is 0 Å². The van der Waals surface area contributed by atoms with E-state index in [-0.39, 0.29) is 10.8 Å². The van der Waals surface area contributed by atoms with Gasteiger partial charge in [0.25, 0.3) is 0 Å². The van der Waals surface area contributed by atoms with Gasteiger partial charge >= 0.3 is 0 Å². The van der Waals surface area contributed by atoms with E-state index >= 15 is 0 Å². The van der Waals surface area contributed by atoms with Crippen molar-refractivity contribution >= 4 is 54.6 Å². The Morgan fingerprint density at radius 1 is 0.348 bits per heavy atom. The van der Waals surface area contributed by atoms with Crippen LogP contribution in [0, 0.1) is 0 Å². The summed E-state index contributed by atoms with van der Waals surface area (Å²) >= 11 is 0. The molecule has 0 radical (unpaired) electrons. The van der Waals surface area contributed by atoms with Gasteiger partial charge in [-0.3, -0.25) is 0 Å². The molecular formula is C62H44N4. The zero-order valence-corrected chi connectivity index (χ0v) is 37.3. The summed E-state index contributed by atoms with van der Waals surface area (Å²) in [5.74, 6) is 0. The van der Waals surface area contributed by atoms with Crippen molar-refractivity contribution in [1.29, 1.82) is 0 Å². The Morgan fingerprint density at radius 2 is 0.879 bits per heavy atom. The van der Waals surface area contributed by atoms with Gasteiger partial charge < -0.3 is 9.13 Å². The molecule has 0 atom stereocenters. The molecule has 0 spiro atoms. The van der Waals surface area contributed by atoms with Crippen molar-refractivity contribution in [2.45, 2.75) is 38.5 Å². The molecule has 0 N–H and O–H groups in total. The van der Waals surface area contributed by atoms with Gasteiger partial charge in [-0.1, -0.05) is 161 Å². The highest BCUT2D eigenvalue weighted by Gasteiger charge is 2.37. The molecule has 0 saturated heterocycles. The predicted molar refractivity (Wildman–Crippen MR) is 274 cm³/mol. The smallest absolute Gasteiger partial charge is 0.0973 e. The maximum atomic E-state index is 5.70. The molecule has 0 bridgehead atoms. The maximum absolute atomic E-state index is 5.70. The summed E-state index contributed by atoms with van der Waals surface area (Å²) in [4.78, 5) is 11.3. The van der Waals surface area contributed by atoms with Crippen LogP contribution in [0.4, 0.5) is 0 Å². The van der Waals surface area contributed by atoms with E-state index in [0.29, 0.717) is 0 Å². The van der Waals surface area contributed by atoms with E-state index in [4.69, 9.17) is 9.97 Å². The molecule has 0 unspecified atom stereocenters. The summed E-state index contributed by atoms with van der Waals surface area (Å²) in [6.07, 6.45) is 0. The van der Waals surface area contributed by atoms with Gasteiger partial charge in [0.05, 0.1) is 44.5 Å². The first kappa shape index (κ1) is 37.3. The van der Waals surface area contributed by atoms with E-state index in [0.717, 1.165) is 56.0 Å². The molecule has 0 fully saturated rings. The first-order chi connectivity index (χ1) is 32.3. The number of hydrogen-bond acceptors (Lipinski definition) is 2. The van der Waals surface area contributed by atoms with Crippen LogP contribution in [-0.2, 0) is 10.8 Å². The number of nitrogens with zero attached hydrogens (tertiary/aromatic N) is 4. The molecule has 2 aliphatic carbocycles. The predicted octanol–water partition coefficient (Wildman–Crippen LogP) is 15.8. The third kappa shape index (κ3) is 4.99. The lowest BCUT2D eigenvalue weighted by Gasteiger charge is -2.23. The molecule has 12 aromatic rings. The molecule has 0 aliphatic heterocycles. The van der Waals surface area contributed by atoms with E-state index in [1.165, 1.54) is 77.1 Å². The highest BCUT2D eigenvalue weighted by Crippen LogP contribution is 2.52. The van der Waals surface area contributed by atoms with Gasteiger partial charge in [-0.05, 0) is 105 Å². The van der Waals surface area contributed by atoms with Gasteiger partial charge in [0.2, 0.25) is 0 Å². The van der Waals surface area contributed by atoms with Crippen LogP contribution >= 0.6 is 0 Å². The quantitative estimate of drug-likeness (QED) is 0.177. The lowest BCUT2D eigenvalue weighted by Crippen LogP contribution is -2.15. The molecule has 3 heterocycles. The van der Waals surface area contributed by atoms with Crippen LogP contribution in [0.25, 0.3) is 111 Å². The second-order valence-electron chi connectivity index (χ2n) is 19.4. The molecule has 14 rings (SSSR count). The van der Waals surface area contributed by atoms with Crippen molar-refractivity contribution in [2.75, 3.05) is 0 Å². The van der Waals surface area contributed by atoms with Crippen LogP contribution < -0.4 is 0 Å². The van der Waals surface area contributed by atoms with Gasteiger partial charge in [-0.2, -0.15) is 0 Å². The second-order valence-corrected chi connectivity index (χ2v) is 19.4. The fourth-order valence-corrected chi connectivity index (χ4v) is 11.9. The number of aromatic nitrogens is 4. The van der Waals surface area contributed by atoms with Gasteiger partial charge in [-0.15, -0.1) is 0 Å². The third-order valence-electron chi connectivity index (χ3n) is 15.1. The Hall–Kier alpha value is -8.08. The van der Waals surface area contributed by atoms with Gasteiger partial charge in [0, 0.05) is 54.9 Å². The monoisotopic (exact) mass is 844 g/mol. The van der Waals surface area contributed by atoms with Gasteiger partial charge in [0.15, 0.2) is 0 Å². The molecule has 312 valence electrons. The lowest BCUT2D eigenvalue weighted by atomic mass is 9.81. The normalized spacial score (nSPS) is 14.3. The lowest BCUT2D eigenvalue weighted by molar-refractivity contribution is 0.660. The fraction of sp³-hybridized carbons (Fsp3) is 0.0968. The number of hydrogen-bond donors (Lipinski definition) is 0. The highest BCUT2D eigenvalue weighted by atomic mass is 15.0. The number of benzene rings is 9. The molecular weight excluding hydrogens is 801 g/mol. The van der Waals surface area contributed by atoms with Crippen molar-refractivity contribution in [2.24, 2.45) is 0 Å². The zero-order valence-electron chi connectivity index (χ0n) is 37.3. The number of fused-ring (bicyclic) bond motifs is 14. The summed E-state index contributed by atoms with van der Waals surface area (Å²) in [5.41, 5.74) is 22.8. The summed E-state index contributed by atoms with van der Waals surface area (Å²) in [6, 6.07) is 71.2. The summed E-state index contributed by atoms with van der Waals surface area (Å²) in [7, 11) is 0. The average molecular weight is 845 g/mol. The average Bonchev–Trinajstić information content (AvgIpc) is 4.02. The van der Waals surface area contributed by atoms with E-state index < -0.39 is 0 Å². The van der Waals surface area contributed by atoms with Crippen molar-refractivity contribution in [1.82, 2.24) is 19.1 Å². The standard InChI is InChI=1S/C62H44N4/c1-61(2)48-22-12-8-18-41(48)43-29-26-37(34-50(43)61)58-59(38-27-30-44-42-19-9-13-23-49(42)62(3,4)51(44)35-38)64-53-36-40(28-32-52(53)63-58)65-55-25-15-11-21-47(55)57-56(65)33-31-46-45-20-10-14-24-54(45)66(60(46)57)39-16-6-5-7-17-39/h5-36H,1-4H3. The zero-order chi connectivity index (χ0) is 44.1. The van der Waals surface area contributed by atoms with E-state index in [9.17, 15) is 0 Å². The Kier molecular flexibility index (Phi) is 7.49. The molecule has 3 aromatic heterocycles. The fourth-order valence-electron chi connectivity index (χ4n) is 11.9. The summed E-state index contributed by atoms with van der Waals surface area (Å²) in [5, 5.41) is 4.93. The van der Waals surface area contributed by atoms with Crippen LogP contribution in [-0.4, -0.2) is 19.1 Å². The van der Waals surface area contributed by atoms with E-state index in [1.807, 2.05) is 0 Å². The minimum Gasteiger partial charge on any atom is -0.309 e. The Labute approximate surface area is 383 Å². The molecule has 4 heteroatoms. The first-order valence-electron chi connectivity index (χ1n) is 23.1. The molecule has 2 aliphatic rings. The first-order valence-corrected chi connectivity index (χ1v) is 23.1. The maximum Gasteiger partial charge on any atom is 0.0973 e. The van der Waals surface area contributed by atoms with Crippen molar-refractivity contribution in [3.05, 3.63) is 216 Å². The van der Waals surface area contributed by atoms with Crippen molar-refractivity contribution < 1.29 is 0 Å². The van der Waals surface area contributed by atoms with Crippen molar-refractivity contribution in [3.63, 3.8) is 0 Å². The van der Waals surface area contributed by atoms with E-state index in [2.05, 4.69) is 231 Å². The summed E-state index contributed by atoms with van der Waals surface area (Å²) < 4.78 is 4.86. The van der Waals surface area contributed by atoms with Crippen LogP contribution in [0.15, 0.2) is 194 Å². The summed E-state index contributed by atoms with van der Waals surface area (Å²) in [6.45, 7) is 9.38. The topological polar surface area (TPSA) is 35.6 Å². The third-order valence-corrected chi connectivity index (χ3v) is 15.1. The Balaban J connectivity index is 1.01. The number of rotatable bonds is 4. The molecule has 4 nitrogen and oxygen atoms in total. The van der Waals surface area contributed by atoms with Gasteiger partial charge in [-0.25, -0.2) is 9.97 Å². The van der Waals surface area contributed by atoms with Gasteiger partial charge in [0.1, 0.15) is 0 Å². The highest BCUT2D eigenvalue weighted by molar-refractivity contribution is 6.26. The van der Waals surface area contributed by atoms with Crippen LogP contribution in [0.5, 0.6) is 0 Å².